The minimum absolute atomic E-state index is 0.0440. The Bertz CT molecular complexity index is 471. The average molecular weight is 346 g/mol. The molecule has 6 heteroatoms. The molecule has 0 spiro atoms. The minimum Gasteiger partial charge on any atom is -0.382 e. The molecule has 1 saturated heterocycles. The highest BCUT2D eigenvalue weighted by Crippen LogP contribution is 2.27. The molecule has 0 amide bonds. The van der Waals surface area contributed by atoms with Gasteiger partial charge in [-0.1, -0.05) is 13.3 Å². The van der Waals surface area contributed by atoms with Crippen molar-refractivity contribution in [3.05, 3.63) is 21.0 Å². The summed E-state index contributed by atoms with van der Waals surface area (Å²) in [6, 6.07) is 0. The van der Waals surface area contributed by atoms with E-state index < -0.39 is 0 Å². The third-order valence-corrected chi connectivity index (χ3v) is 5.42. The highest BCUT2D eigenvalue weighted by Gasteiger charge is 2.16. The Morgan fingerprint density at radius 2 is 2.47 bits per heavy atom. The van der Waals surface area contributed by atoms with Crippen molar-refractivity contribution in [2.75, 3.05) is 17.6 Å². The summed E-state index contributed by atoms with van der Waals surface area (Å²) >= 11 is 5.39. The lowest BCUT2D eigenvalue weighted by atomic mass is 10.2. The normalized spacial score (nSPS) is 18.7. The topological polar surface area (TPSA) is 46.9 Å². The van der Waals surface area contributed by atoms with Crippen LogP contribution in [-0.2, 0) is 6.54 Å². The van der Waals surface area contributed by atoms with Crippen LogP contribution in [0, 0.1) is 0 Å². The van der Waals surface area contributed by atoms with Crippen molar-refractivity contribution in [2.24, 2.45) is 0 Å². The van der Waals surface area contributed by atoms with E-state index in [1.807, 2.05) is 11.8 Å². The molecule has 1 aromatic heterocycles. The van der Waals surface area contributed by atoms with Crippen LogP contribution in [-0.4, -0.2) is 27.3 Å². The fourth-order valence-electron chi connectivity index (χ4n) is 2.08. The number of thioether (sulfide) groups is 1. The van der Waals surface area contributed by atoms with Crippen molar-refractivity contribution < 1.29 is 0 Å². The maximum atomic E-state index is 12.1. The van der Waals surface area contributed by atoms with Gasteiger partial charge in [-0.05, 0) is 40.9 Å². The van der Waals surface area contributed by atoms with Gasteiger partial charge in [0.2, 0.25) is 0 Å². The molecule has 0 radical (unpaired) electrons. The number of anilines is 1. The van der Waals surface area contributed by atoms with Gasteiger partial charge in [0.1, 0.15) is 4.47 Å². The van der Waals surface area contributed by atoms with Crippen LogP contribution < -0.4 is 10.9 Å². The second-order valence-corrected chi connectivity index (χ2v) is 6.97. The van der Waals surface area contributed by atoms with E-state index in [4.69, 9.17) is 0 Å². The van der Waals surface area contributed by atoms with E-state index in [-0.39, 0.29) is 5.56 Å². The number of hydrogen-bond donors (Lipinski definition) is 1. The van der Waals surface area contributed by atoms with Crippen molar-refractivity contribution in [3.63, 3.8) is 0 Å². The Morgan fingerprint density at radius 3 is 3.16 bits per heavy atom. The second kappa shape index (κ2) is 7.33. The maximum Gasteiger partial charge on any atom is 0.283 e. The van der Waals surface area contributed by atoms with Gasteiger partial charge in [0.15, 0.2) is 0 Å². The molecule has 1 N–H and O–H groups in total. The Balaban J connectivity index is 2.01. The fraction of sp³-hybridized carbons (Fsp3) is 0.692. The number of aryl methyl sites for hydroxylation is 1. The largest absolute Gasteiger partial charge is 0.382 e. The molecule has 1 unspecified atom stereocenters. The molecule has 1 aliphatic rings. The first-order chi connectivity index (χ1) is 9.22. The Labute approximate surface area is 126 Å². The van der Waals surface area contributed by atoms with Crippen molar-refractivity contribution >= 4 is 33.4 Å². The smallest absolute Gasteiger partial charge is 0.283 e. The van der Waals surface area contributed by atoms with E-state index in [9.17, 15) is 4.79 Å². The minimum atomic E-state index is -0.0440. The Morgan fingerprint density at radius 1 is 1.63 bits per heavy atom. The molecular formula is C13H20BrN3OS. The average Bonchev–Trinajstić information content (AvgIpc) is 2.92. The molecule has 0 aliphatic carbocycles. The molecule has 1 atom stereocenters. The highest BCUT2D eigenvalue weighted by atomic mass is 79.9. The molecule has 106 valence electrons. The summed E-state index contributed by atoms with van der Waals surface area (Å²) in [4.78, 5) is 12.1. The number of hydrogen-bond acceptors (Lipinski definition) is 4. The predicted octanol–water partition coefficient (Wildman–Crippen LogP) is 3.11. The van der Waals surface area contributed by atoms with Crippen LogP contribution in [0.5, 0.6) is 0 Å². The Kier molecular flexibility index (Phi) is 5.76. The summed E-state index contributed by atoms with van der Waals surface area (Å²) in [5, 5.41) is 8.22. The second-order valence-electron chi connectivity index (χ2n) is 4.77. The van der Waals surface area contributed by atoms with Crippen molar-refractivity contribution in [1.82, 2.24) is 9.78 Å². The van der Waals surface area contributed by atoms with Gasteiger partial charge in [-0.2, -0.15) is 16.9 Å². The van der Waals surface area contributed by atoms with E-state index >= 15 is 0 Å². The maximum absolute atomic E-state index is 12.1. The molecule has 2 rings (SSSR count). The standard InChI is InChI=1S/C13H20BrN3OS/c1-2-3-6-17-13(18)12(14)11(9-16-17)15-8-10-5-4-7-19-10/h9-10,15H,2-8H2,1H3. The van der Waals surface area contributed by atoms with Gasteiger partial charge in [-0.25, -0.2) is 4.68 Å². The lowest BCUT2D eigenvalue weighted by Gasteiger charge is -2.13. The fourth-order valence-corrected chi connectivity index (χ4v) is 3.73. The van der Waals surface area contributed by atoms with Gasteiger partial charge in [0, 0.05) is 18.3 Å². The molecule has 4 nitrogen and oxygen atoms in total. The van der Waals surface area contributed by atoms with Crippen molar-refractivity contribution in [3.8, 4) is 0 Å². The first-order valence-electron chi connectivity index (χ1n) is 6.83. The van der Waals surface area contributed by atoms with Gasteiger partial charge in [0.25, 0.3) is 5.56 Å². The van der Waals surface area contributed by atoms with Gasteiger partial charge < -0.3 is 5.32 Å². The molecule has 1 aliphatic heterocycles. The van der Waals surface area contributed by atoms with Crippen LogP contribution in [0.4, 0.5) is 5.69 Å². The summed E-state index contributed by atoms with van der Waals surface area (Å²) in [6.45, 7) is 3.70. The van der Waals surface area contributed by atoms with Gasteiger partial charge >= 0.3 is 0 Å². The molecule has 2 heterocycles. The molecular weight excluding hydrogens is 326 g/mol. The summed E-state index contributed by atoms with van der Waals surface area (Å²) < 4.78 is 2.13. The van der Waals surface area contributed by atoms with Crippen LogP contribution in [0.25, 0.3) is 0 Å². The summed E-state index contributed by atoms with van der Waals surface area (Å²) in [5.41, 5.74) is 0.766. The predicted molar refractivity (Wildman–Crippen MR) is 85.1 cm³/mol. The van der Waals surface area contributed by atoms with Crippen LogP contribution in [0.2, 0.25) is 0 Å². The molecule has 0 bridgehead atoms. The number of unbranched alkanes of at least 4 members (excludes halogenated alkanes) is 1. The van der Waals surface area contributed by atoms with Crippen LogP contribution in [0.3, 0.4) is 0 Å². The molecule has 0 aromatic carbocycles. The zero-order valence-electron chi connectivity index (χ0n) is 11.2. The molecule has 19 heavy (non-hydrogen) atoms. The summed E-state index contributed by atoms with van der Waals surface area (Å²) in [7, 11) is 0. The number of nitrogens with one attached hydrogen (secondary N) is 1. The van der Waals surface area contributed by atoms with Crippen LogP contribution >= 0.6 is 27.7 Å². The van der Waals surface area contributed by atoms with E-state index in [2.05, 4.69) is 33.3 Å². The first-order valence-corrected chi connectivity index (χ1v) is 8.67. The first kappa shape index (κ1) is 14.9. The highest BCUT2D eigenvalue weighted by molar-refractivity contribution is 9.10. The number of rotatable bonds is 6. The Hall–Kier alpha value is -0.490. The lowest BCUT2D eigenvalue weighted by Crippen LogP contribution is -2.25. The van der Waals surface area contributed by atoms with E-state index in [1.54, 1.807) is 6.20 Å². The lowest BCUT2D eigenvalue weighted by molar-refractivity contribution is 0.541. The van der Waals surface area contributed by atoms with E-state index in [1.165, 1.54) is 23.3 Å². The molecule has 1 fully saturated rings. The van der Waals surface area contributed by atoms with Crippen LogP contribution in [0.1, 0.15) is 32.6 Å². The monoisotopic (exact) mass is 345 g/mol. The van der Waals surface area contributed by atoms with Crippen molar-refractivity contribution in [1.29, 1.82) is 0 Å². The van der Waals surface area contributed by atoms with Gasteiger partial charge in [0.05, 0.1) is 11.9 Å². The zero-order chi connectivity index (χ0) is 13.7. The van der Waals surface area contributed by atoms with Crippen LogP contribution in [0.15, 0.2) is 15.5 Å². The number of aromatic nitrogens is 2. The van der Waals surface area contributed by atoms with Crippen molar-refractivity contribution in [2.45, 2.75) is 44.4 Å². The van der Waals surface area contributed by atoms with E-state index in [0.29, 0.717) is 16.3 Å². The number of halogens is 1. The number of nitrogens with zero attached hydrogens (tertiary/aromatic N) is 2. The van der Waals surface area contributed by atoms with E-state index in [0.717, 1.165) is 25.1 Å². The third kappa shape index (κ3) is 3.99. The quantitative estimate of drug-likeness (QED) is 0.860. The zero-order valence-corrected chi connectivity index (χ0v) is 13.6. The molecule has 0 saturated carbocycles. The van der Waals surface area contributed by atoms with Gasteiger partial charge in [-0.15, -0.1) is 0 Å². The summed E-state index contributed by atoms with van der Waals surface area (Å²) in [5.74, 6) is 1.25. The molecule has 1 aromatic rings. The SMILES string of the molecule is CCCCn1ncc(NCC2CCCS2)c(Br)c1=O. The van der Waals surface area contributed by atoms with Gasteiger partial charge in [-0.3, -0.25) is 4.79 Å². The summed E-state index contributed by atoms with van der Waals surface area (Å²) in [6.07, 6.45) is 6.35. The third-order valence-electron chi connectivity index (χ3n) is 3.25.